The molecule has 0 spiro atoms. The number of carbonyl (C=O) groups is 1. The number of anilines is 1. The van der Waals surface area contributed by atoms with Crippen molar-refractivity contribution in [3.63, 3.8) is 0 Å². The van der Waals surface area contributed by atoms with Crippen LogP contribution in [-0.2, 0) is 0 Å². The Morgan fingerprint density at radius 3 is 2.11 bits per heavy atom. The van der Waals surface area contributed by atoms with E-state index in [2.05, 4.69) is 0 Å². The van der Waals surface area contributed by atoms with Gasteiger partial charge in [-0.25, -0.2) is 13.6 Å². The first kappa shape index (κ1) is 13.8. The van der Waals surface area contributed by atoms with E-state index in [4.69, 9.17) is 5.11 Å². The highest BCUT2D eigenvalue weighted by Crippen LogP contribution is 2.31. The summed E-state index contributed by atoms with van der Waals surface area (Å²) in [5, 5.41) is 8.77. The minimum absolute atomic E-state index is 0.108. The predicted molar refractivity (Wildman–Crippen MR) is 68.5 cm³/mol. The average Bonchev–Trinajstić information content (AvgIpc) is 2.26. The molecule has 1 aromatic rings. The number of aromatic carboxylic acids is 1. The van der Waals surface area contributed by atoms with Crippen LogP contribution in [0.4, 0.5) is 14.5 Å². The summed E-state index contributed by atoms with van der Waals surface area (Å²) in [4.78, 5) is 12.4. The smallest absolute Gasteiger partial charge is 0.335 e. The zero-order valence-electron chi connectivity index (χ0n) is 11.0. The molecule has 3 nitrogen and oxygen atoms in total. The third-order valence-electron chi connectivity index (χ3n) is 3.45. The second-order valence-corrected chi connectivity index (χ2v) is 5.44. The van der Waals surface area contributed by atoms with Crippen LogP contribution in [0.25, 0.3) is 0 Å². The standard InChI is InChI=1S/C14H17F2NO2/c1-8-3-9(2)7-17(6-8)13-11(15)4-10(14(18)19)5-12(13)16/h4-5,8-9H,3,6-7H2,1-2H3,(H,18,19). The Labute approximate surface area is 110 Å². The lowest BCUT2D eigenvalue weighted by atomic mass is 9.91. The third-order valence-corrected chi connectivity index (χ3v) is 3.45. The highest BCUT2D eigenvalue weighted by atomic mass is 19.1. The lowest BCUT2D eigenvalue weighted by molar-refractivity contribution is 0.0695. The Morgan fingerprint density at radius 2 is 1.68 bits per heavy atom. The molecule has 1 N–H and O–H groups in total. The van der Waals surface area contributed by atoms with Gasteiger partial charge >= 0.3 is 5.97 Å². The number of carboxylic acids is 1. The van der Waals surface area contributed by atoms with Crippen molar-refractivity contribution in [3.8, 4) is 0 Å². The molecule has 0 aromatic heterocycles. The topological polar surface area (TPSA) is 40.5 Å². The van der Waals surface area contributed by atoms with Crippen LogP contribution in [0.2, 0.25) is 0 Å². The molecule has 2 unspecified atom stereocenters. The van der Waals surface area contributed by atoms with E-state index in [1.807, 2.05) is 13.8 Å². The Bertz CT molecular complexity index is 471. The van der Waals surface area contributed by atoms with Gasteiger partial charge in [-0.1, -0.05) is 13.8 Å². The second-order valence-electron chi connectivity index (χ2n) is 5.44. The van der Waals surface area contributed by atoms with Gasteiger partial charge in [-0.3, -0.25) is 0 Å². The summed E-state index contributed by atoms with van der Waals surface area (Å²) in [7, 11) is 0. The molecule has 1 saturated heterocycles. The van der Waals surface area contributed by atoms with Gasteiger partial charge in [-0.2, -0.15) is 0 Å². The van der Waals surface area contributed by atoms with E-state index in [1.54, 1.807) is 4.90 Å². The second kappa shape index (κ2) is 5.15. The molecule has 0 amide bonds. The third kappa shape index (κ3) is 2.85. The normalized spacial score (nSPS) is 23.5. The van der Waals surface area contributed by atoms with Gasteiger partial charge in [0.1, 0.15) is 17.3 Å². The number of piperidine rings is 1. The maximum atomic E-state index is 14.0. The first-order chi connectivity index (χ1) is 8.88. The molecule has 104 valence electrons. The SMILES string of the molecule is CC1CC(C)CN(c2c(F)cc(C(=O)O)cc2F)C1. The molecule has 19 heavy (non-hydrogen) atoms. The first-order valence-corrected chi connectivity index (χ1v) is 6.35. The van der Waals surface area contributed by atoms with Gasteiger partial charge in [0, 0.05) is 13.1 Å². The highest BCUT2D eigenvalue weighted by Gasteiger charge is 2.27. The zero-order chi connectivity index (χ0) is 14.2. The van der Waals surface area contributed by atoms with E-state index < -0.39 is 17.6 Å². The minimum Gasteiger partial charge on any atom is -0.478 e. The molecular formula is C14H17F2NO2. The van der Waals surface area contributed by atoms with Crippen LogP contribution in [-0.4, -0.2) is 24.2 Å². The van der Waals surface area contributed by atoms with Crippen LogP contribution in [0.15, 0.2) is 12.1 Å². The maximum absolute atomic E-state index is 14.0. The van der Waals surface area contributed by atoms with Crippen LogP contribution in [0.3, 0.4) is 0 Å². The van der Waals surface area contributed by atoms with Crippen molar-refractivity contribution < 1.29 is 18.7 Å². The van der Waals surface area contributed by atoms with Gasteiger partial charge in [-0.15, -0.1) is 0 Å². The number of benzene rings is 1. The zero-order valence-corrected chi connectivity index (χ0v) is 11.0. The van der Waals surface area contributed by atoms with Crippen molar-refractivity contribution >= 4 is 11.7 Å². The van der Waals surface area contributed by atoms with E-state index >= 15 is 0 Å². The minimum atomic E-state index is -1.33. The van der Waals surface area contributed by atoms with Crippen LogP contribution < -0.4 is 4.90 Å². The fourth-order valence-electron chi connectivity index (χ4n) is 2.84. The van der Waals surface area contributed by atoms with Crippen molar-refractivity contribution in [2.24, 2.45) is 11.8 Å². The summed E-state index contributed by atoms with van der Waals surface area (Å²) in [6.07, 6.45) is 1.03. The van der Waals surface area contributed by atoms with Gasteiger partial charge in [0.2, 0.25) is 0 Å². The molecular weight excluding hydrogens is 252 g/mol. The number of hydrogen-bond acceptors (Lipinski definition) is 2. The van der Waals surface area contributed by atoms with Crippen molar-refractivity contribution in [2.45, 2.75) is 20.3 Å². The van der Waals surface area contributed by atoms with E-state index in [0.29, 0.717) is 24.9 Å². The molecule has 1 heterocycles. The molecule has 2 atom stereocenters. The summed E-state index contributed by atoms with van der Waals surface area (Å²) >= 11 is 0. The van der Waals surface area contributed by atoms with Gasteiger partial charge in [0.15, 0.2) is 0 Å². The molecule has 0 aliphatic carbocycles. The predicted octanol–water partition coefficient (Wildman–Crippen LogP) is 3.15. The molecule has 5 heteroatoms. The Kier molecular flexibility index (Phi) is 3.73. The first-order valence-electron chi connectivity index (χ1n) is 6.35. The van der Waals surface area contributed by atoms with E-state index in [9.17, 15) is 13.6 Å². The van der Waals surface area contributed by atoms with Crippen molar-refractivity contribution in [1.82, 2.24) is 0 Å². The number of nitrogens with zero attached hydrogens (tertiary/aromatic N) is 1. The number of carboxylic acid groups (broad SMARTS) is 1. The molecule has 0 saturated carbocycles. The molecule has 0 radical (unpaired) electrons. The summed E-state index contributed by atoms with van der Waals surface area (Å²) < 4.78 is 27.9. The molecule has 2 rings (SSSR count). The molecule has 1 aliphatic heterocycles. The average molecular weight is 269 g/mol. The quantitative estimate of drug-likeness (QED) is 0.896. The Hall–Kier alpha value is -1.65. The summed E-state index contributed by atoms with van der Waals surface area (Å²) in [6.45, 7) is 5.27. The van der Waals surface area contributed by atoms with Crippen molar-refractivity contribution in [2.75, 3.05) is 18.0 Å². The van der Waals surface area contributed by atoms with Crippen molar-refractivity contribution in [1.29, 1.82) is 0 Å². The number of halogens is 2. The van der Waals surface area contributed by atoms with Crippen molar-refractivity contribution in [3.05, 3.63) is 29.3 Å². The number of rotatable bonds is 2. The fraction of sp³-hybridized carbons (Fsp3) is 0.500. The largest absolute Gasteiger partial charge is 0.478 e. The lowest BCUT2D eigenvalue weighted by Crippen LogP contribution is -2.39. The van der Waals surface area contributed by atoms with Crippen LogP contribution in [0, 0.1) is 23.5 Å². The summed E-state index contributed by atoms with van der Waals surface area (Å²) in [5.74, 6) is -2.22. The highest BCUT2D eigenvalue weighted by molar-refractivity contribution is 5.88. The molecule has 1 fully saturated rings. The molecule has 1 aromatic carbocycles. The Morgan fingerprint density at radius 1 is 1.21 bits per heavy atom. The van der Waals surface area contributed by atoms with Gasteiger partial charge in [0.25, 0.3) is 0 Å². The van der Waals surface area contributed by atoms with Crippen LogP contribution in [0.1, 0.15) is 30.6 Å². The van der Waals surface area contributed by atoms with E-state index in [-0.39, 0.29) is 11.3 Å². The van der Waals surface area contributed by atoms with E-state index in [1.165, 1.54) is 0 Å². The van der Waals surface area contributed by atoms with Crippen LogP contribution in [0.5, 0.6) is 0 Å². The molecule has 1 aliphatic rings. The summed E-state index contributed by atoms with van der Waals surface area (Å²) in [6, 6.07) is 1.76. The van der Waals surface area contributed by atoms with Gasteiger partial charge < -0.3 is 10.0 Å². The summed E-state index contributed by atoms with van der Waals surface area (Å²) in [5.41, 5.74) is -0.472. The lowest BCUT2D eigenvalue weighted by Gasteiger charge is -2.36. The molecule has 0 bridgehead atoms. The monoisotopic (exact) mass is 269 g/mol. The van der Waals surface area contributed by atoms with Gasteiger partial charge in [0.05, 0.1) is 5.56 Å². The van der Waals surface area contributed by atoms with E-state index in [0.717, 1.165) is 18.6 Å². The van der Waals surface area contributed by atoms with Gasteiger partial charge in [-0.05, 0) is 30.4 Å². The maximum Gasteiger partial charge on any atom is 0.335 e. The fourth-order valence-corrected chi connectivity index (χ4v) is 2.84. The van der Waals surface area contributed by atoms with Crippen LogP contribution >= 0.6 is 0 Å². The Balaban J connectivity index is 2.37. The number of hydrogen-bond donors (Lipinski definition) is 1.